The smallest absolute Gasteiger partial charge is 0.0667 e. The molecule has 2 N–H and O–H groups in total. The van der Waals surface area contributed by atoms with Gasteiger partial charge in [0.15, 0.2) is 0 Å². The van der Waals surface area contributed by atoms with Crippen LogP contribution < -0.4 is 5.73 Å². The molecule has 0 bridgehead atoms. The first-order chi connectivity index (χ1) is 4.75. The van der Waals surface area contributed by atoms with Crippen molar-refractivity contribution in [3.63, 3.8) is 0 Å². The maximum Gasteiger partial charge on any atom is 0.0667 e. The number of rotatable bonds is 0. The maximum atomic E-state index is 5.56. The number of anilines is 1. The number of terminal acetylenes is 1. The number of nitrogens with zero attached hydrogens (tertiary/aromatic N) is 1. The lowest BCUT2D eigenvalue weighted by Gasteiger charge is -1.97. The first-order valence-electron chi connectivity index (χ1n) is 2.61. The number of hydrogen-bond donors (Lipinski definition) is 1. The van der Waals surface area contributed by atoms with Crippen LogP contribution in [-0.2, 0) is 0 Å². The lowest BCUT2D eigenvalue weighted by Crippen LogP contribution is -1.92. The zero-order valence-electron chi connectivity index (χ0n) is 5.13. The van der Waals surface area contributed by atoms with Crippen molar-refractivity contribution in [2.24, 2.45) is 0 Å². The maximum absolute atomic E-state index is 5.56. The highest BCUT2D eigenvalue weighted by molar-refractivity contribution is 9.10. The van der Waals surface area contributed by atoms with Crippen molar-refractivity contribution in [1.29, 1.82) is 0 Å². The van der Waals surface area contributed by atoms with Crippen molar-refractivity contribution in [2.45, 2.75) is 0 Å². The molecule has 1 rings (SSSR count). The van der Waals surface area contributed by atoms with E-state index >= 15 is 0 Å². The van der Waals surface area contributed by atoms with Crippen LogP contribution in [0.1, 0.15) is 5.56 Å². The van der Waals surface area contributed by atoms with Crippen molar-refractivity contribution in [2.75, 3.05) is 5.73 Å². The van der Waals surface area contributed by atoms with Gasteiger partial charge in [-0.05, 0) is 15.9 Å². The molecule has 0 unspecified atom stereocenters. The Labute approximate surface area is 67.6 Å². The number of nitrogens with two attached hydrogens (primary N) is 1. The Bertz CT molecular complexity index is 288. The van der Waals surface area contributed by atoms with E-state index < -0.39 is 0 Å². The molecular weight excluding hydrogens is 192 g/mol. The van der Waals surface area contributed by atoms with Crippen LogP contribution in [0.2, 0.25) is 0 Å². The third kappa shape index (κ3) is 1.12. The van der Waals surface area contributed by atoms with E-state index in [-0.39, 0.29) is 0 Å². The average molecular weight is 197 g/mol. The summed E-state index contributed by atoms with van der Waals surface area (Å²) in [5.74, 6) is 2.42. The van der Waals surface area contributed by atoms with Gasteiger partial charge >= 0.3 is 0 Å². The second-order valence-electron chi connectivity index (χ2n) is 1.73. The Balaban J connectivity index is 3.31. The lowest BCUT2D eigenvalue weighted by molar-refractivity contribution is 1.30. The molecule has 0 aliphatic carbocycles. The van der Waals surface area contributed by atoms with E-state index in [4.69, 9.17) is 12.2 Å². The summed E-state index contributed by atoms with van der Waals surface area (Å²) in [5, 5.41) is 0. The highest BCUT2D eigenvalue weighted by atomic mass is 79.9. The molecule has 0 aliphatic heterocycles. The molecule has 0 saturated carbocycles. The molecule has 2 nitrogen and oxygen atoms in total. The van der Waals surface area contributed by atoms with E-state index in [1.54, 1.807) is 12.4 Å². The molecule has 1 heterocycles. The van der Waals surface area contributed by atoms with Gasteiger partial charge in [0.05, 0.1) is 15.7 Å². The second kappa shape index (κ2) is 2.72. The van der Waals surface area contributed by atoms with Crippen LogP contribution in [0.25, 0.3) is 0 Å². The Morgan fingerprint density at radius 3 is 2.80 bits per heavy atom. The van der Waals surface area contributed by atoms with E-state index in [1.165, 1.54) is 0 Å². The molecule has 50 valence electrons. The van der Waals surface area contributed by atoms with Gasteiger partial charge in [-0.1, -0.05) is 5.92 Å². The molecule has 0 saturated heterocycles. The van der Waals surface area contributed by atoms with Crippen molar-refractivity contribution in [3.8, 4) is 12.3 Å². The van der Waals surface area contributed by atoms with Crippen LogP contribution in [0.4, 0.5) is 5.69 Å². The highest BCUT2D eigenvalue weighted by Crippen LogP contribution is 2.20. The van der Waals surface area contributed by atoms with Gasteiger partial charge in [0.25, 0.3) is 0 Å². The minimum Gasteiger partial charge on any atom is -0.397 e. The summed E-state index contributed by atoms with van der Waals surface area (Å²) in [6.45, 7) is 0. The van der Waals surface area contributed by atoms with E-state index in [0.29, 0.717) is 11.3 Å². The van der Waals surface area contributed by atoms with Crippen LogP contribution in [0.3, 0.4) is 0 Å². The second-order valence-corrected chi connectivity index (χ2v) is 2.58. The van der Waals surface area contributed by atoms with Gasteiger partial charge in [-0.2, -0.15) is 0 Å². The molecule has 0 spiro atoms. The molecule has 0 aliphatic rings. The molecule has 0 aromatic carbocycles. The number of nitrogen functional groups attached to an aromatic ring is 1. The molecule has 3 heteroatoms. The van der Waals surface area contributed by atoms with Crippen molar-refractivity contribution < 1.29 is 0 Å². The SMILES string of the molecule is C#Cc1cncc(Br)c1N. The topological polar surface area (TPSA) is 38.9 Å². The van der Waals surface area contributed by atoms with E-state index in [1.807, 2.05) is 0 Å². The Hall–Kier alpha value is -1.01. The fourth-order valence-electron chi connectivity index (χ4n) is 0.560. The van der Waals surface area contributed by atoms with Crippen molar-refractivity contribution in [3.05, 3.63) is 22.4 Å². The fourth-order valence-corrected chi connectivity index (χ4v) is 0.892. The van der Waals surface area contributed by atoms with Crippen LogP contribution in [-0.4, -0.2) is 4.98 Å². The zero-order chi connectivity index (χ0) is 7.56. The molecule has 0 amide bonds. The Kier molecular flexibility index (Phi) is 1.93. The van der Waals surface area contributed by atoms with Crippen LogP contribution >= 0.6 is 15.9 Å². The molecule has 1 aromatic heterocycles. The summed E-state index contributed by atoms with van der Waals surface area (Å²) in [6.07, 6.45) is 8.29. The number of pyridine rings is 1. The summed E-state index contributed by atoms with van der Waals surface area (Å²) >= 11 is 3.20. The minimum absolute atomic E-state index is 0.567. The van der Waals surface area contributed by atoms with Crippen LogP contribution in [0.5, 0.6) is 0 Å². The average Bonchev–Trinajstić information content (AvgIpc) is 1.95. The van der Waals surface area contributed by atoms with Gasteiger partial charge in [-0.3, -0.25) is 4.98 Å². The van der Waals surface area contributed by atoms with E-state index in [2.05, 4.69) is 26.8 Å². The minimum atomic E-state index is 0.567. The first kappa shape index (κ1) is 7.10. The molecule has 1 aromatic rings. The number of halogens is 1. The van der Waals surface area contributed by atoms with E-state index in [0.717, 1.165) is 4.47 Å². The monoisotopic (exact) mass is 196 g/mol. The predicted octanol–water partition coefficient (Wildman–Crippen LogP) is 1.41. The van der Waals surface area contributed by atoms with Crippen molar-refractivity contribution >= 4 is 21.6 Å². The Morgan fingerprint density at radius 2 is 2.30 bits per heavy atom. The van der Waals surface area contributed by atoms with Crippen LogP contribution in [0, 0.1) is 12.3 Å². The molecule has 0 fully saturated rings. The van der Waals surface area contributed by atoms with Gasteiger partial charge in [0, 0.05) is 12.4 Å². The van der Waals surface area contributed by atoms with Crippen molar-refractivity contribution in [1.82, 2.24) is 4.98 Å². The third-order valence-corrected chi connectivity index (χ3v) is 1.73. The van der Waals surface area contributed by atoms with E-state index in [9.17, 15) is 0 Å². The molecule has 10 heavy (non-hydrogen) atoms. The van der Waals surface area contributed by atoms with Gasteiger partial charge < -0.3 is 5.73 Å². The normalized spacial score (nSPS) is 8.80. The van der Waals surface area contributed by atoms with Gasteiger partial charge in [0.1, 0.15) is 0 Å². The van der Waals surface area contributed by atoms with Gasteiger partial charge in [0.2, 0.25) is 0 Å². The highest BCUT2D eigenvalue weighted by Gasteiger charge is 1.98. The number of hydrogen-bond acceptors (Lipinski definition) is 2. The van der Waals surface area contributed by atoms with Gasteiger partial charge in [-0.25, -0.2) is 0 Å². The summed E-state index contributed by atoms with van der Waals surface area (Å²) in [4.78, 5) is 3.85. The lowest BCUT2D eigenvalue weighted by atomic mass is 10.2. The fraction of sp³-hybridized carbons (Fsp3) is 0. The zero-order valence-corrected chi connectivity index (χ0v) is 6.72. The standard InChI is InChI=1S/C7H5BrN2/c1-2-5-3-10-4-6(8)7(5)9/h1,3-4H,(H2,9,10). The summed E-state index contributed by atoms with van der Waals surface area (Å²) in [5.41, 5.74) is 6.75. The summed E-state index contributed by atoms with van der Waals surface area (Å²) < 4.78 is 0.739. The number of aromatic nitrogens is 1. The molecule has 0 atom stereocenters. The quantitative estimate of drug-likeness (QED) is 0.638. The summed E-state index contributed by atoms with van der Waals surface area (Å²) in [6, 6.07) is 0. The summed E-state index contributed by atoms with van der Waals surface area (Å²) in [7, 11) is 0. The third-order valence-electron chi connectivity index (χ3n) is 1.09. The first-order valence-corrected chi connectivity index (χ1v) is 3.40. The van der Waals surface area contributed by atoms with Crippen LogP contribution in [0.15, 0.2) is 16.9 Å². The largest absolute Gasteiger partial charge is 0.397 e. The predicted molar refractivity (Wildman–Crippen MR) is 44.3 cm³/mol. The Morgan fingerprint density at radius 1 is 1.60 bits per heavy atom. The molecule has 0 radical (unpaired) electrons. The molecular formula is C7H5BrN2. The van der Waals surface area contributed by atoms with Gasteiger partial charge in [-0.15, -0.1) is 6.42 Å².